The van der Waals surface area contributed by atoms with Gasteiger partial charge < -0.3 is 15.2 Å². The highest BCUT2D eigenvalue weighted by atomic mass is 35.5. The number of ether oxygens (including phenoxy) is 1. The Kier molecular flexibility index (Phi) is 5.95. The number of hydrogen-bond donors (Lipinski definition) is 2. The lowest BCUT2D eigenvalue weighted by Gasteiger charge is -2.17. The molecule has 18 heavy (non-hydrogen) atoms. The minimum absolute atomic E-state index is 0.0398. The predicted molar refractivity (Wildman–Crippen MR) is 71.2 cm³/mol. The lowest BCUT2D eigenvalue weighted by Crippen LogP contribution is -2.42. The van der Waals surface area contributed by atoms with Gasteiger partial charge in [-0.25, -0.2) is 0 Å². The normalized spacial score (nSPS) is 12.4. The first-order valence-electron chi connectivity index (χ1n) is 5.85. The Morgan fingerprint density at radius 3 is 2.50 bits per heavy atom. The number of carboxylic acid groups (broad SMARTS) is 1. The third-order valence-corrected chi connectivity index (χ3v) is 2.73. The van der Waals surface area contributed by atoms with Crippen LogP contribution in [0.1, 0.15) is 13.8 Å². The molecule has 1 atom stereocenters. The molecule has 1 rings (SSSR count). The first kappa shape index (κ1) is 14.8. The van der Waals surface area contributed by atoms with Crippen molar-refractivity contribution in [3.05, 3.63) is 29.3 Å². The molecule has 0 aliphatic heterocycles. The Morgan fingerprint density at radius 1 is 1.39 bits per heavy atom. The monoisotopic (exact) mass is 271 g/mol. The molecule has 0 radical (unpaired) electrons. The predicted octanol–water partition coefficient (Wildman–Crippen LogP) is 2.42. The van der Waals surface area contributed by atoms with Crippen molar-refractivity contribution >= 4 is 17.6 Å². The molecule has 0 amide bonds. The third-order valence-electron chi connectivity index (χ3n) is 2.48. The minimum Gasteiger partial charge on any atom is -0.492 e. The van der Waals surface area contributed by atoms with Gasteiger partial charge in [0.2, 0.25) is 0 Å². The van der Waals surface area contributed by atoms with E-state index in [1.54, 1.807) is 24.3 Å². The van der Waals surface area contributed by atoms with Crippen molar-refractivity contribution in [3.63, 3.8) is 0 Å². The van der Waals surface area contributed by atoms with Crippen LogP contribution in [0.5, 0.6) is 5.75 Å². The molecule has 0 saturated heterocycles. The van der Waals surface area contributed by atoms with Crippen LogP contribution in [-0.2, 0) is 4.79 Å². The molecule has 0 aromatic heterocycles. The molecule has 5 heteroatoms. The van der Waals surface area contributed by atoms with Crippen molar-refractivity contribution < 1.29 is 14.6 Å². The zero-order valence-corrected chi connectivity index (χ0v) is 11.3. The smallest absolute Gasteiger partial charge is 0.320 e. The van der Waals surface area contributed by atoms with Crippen LogP contribution in [0, 0.1) is 5.92 Å². The van der Waals surface area contributed by atoms with E-state index in [-0.39, 0.29) is 5.92 Å². The summed E-state index contributed by atoms with van der Waals surface area (Å²) in [5.41, 5.74) is 0. The Bertz CT molecular complexity index is 378. The average Bonchev–Trinajstić information content (AvgIpc) is 2.30. The van der Waals surface area contributed by atoms with Gasteiger partial charge in [0.25, 0.3) is 0 Å². The van der Waals surface area contributed by atoms with Crippen LogP contribution in [0.3, 0.4) is 0 Å². The molecule has 0 heterocycles. The third kappa shape index (κ3) is 4.94. The molecule has 0 bridgehead atoms. The molecular formula is C13H18ClNO3. The molecule has 1 aromatic rings. The number of hydrogen-bond acceptors (Lipinski definition) is 3. The van der Waals surface area contributed by atoms with Crippen LogP contribution >= 0.6 is 11.6 Å². The lowest BCUT2D eigenvalue weighted by atomic mass is 10.1. The van der Waals surface area contributed by atoms with Gasteiger partial charge in [-0.2, -0.15) is 0 Å². The Morgan fingerprint density at radius 2 is 2.00 bits per heavy atom. The molecule has 0 aliphatic carbocycles. The number of rotatable bonds is 7. The Labute approximate surface area is 112 Å². The number of carbonyl (C=O) groups is 1. The highest BCUT2D eigenvalue weighted by Crippen LogP contribution is 2.15. The van der Waals surface area contributed by atoms with E-state index >= 15 is 0 Å². The molecular weight excluding hydrogens is 254 g/mol. The van der Waals surface area contributed by atoms with Gasteiger partial charge in [-0.05, 0) is 30.2 Å². The Hall–Kier alpha value is -1.26. The summed E-state index contributed by atoms with van der Waals surface area (Å²) in [6.07, 6.45) is 0. The molecule has 1 unspecified atom stereocenters. The maximum atomic E-state index is 10.9. The minimum atomic E-state index is -0.837. The topological polar surface area (TPSA) is 58.6 Å². The Balaban J connectivity index is 2.29. The fourth-order valence-corrected chi connectivity index (χ4v) is 1.65. The summed E-state index contributed by atoms with van der Waals surface area (Å²) in [7, 11) is 0. The van der Waals surface area contributed by atoms with Crippen LogP contribution in [0.25, 0.3) is 0 Å². The first-order valence-corrected chi connectivity index (χ1v) is 6.23. The van der Waals surface area contributed by atoms with Crippen molar-refractivity contribution in [1.29, 1.82) is 0 Å². The number of nitrogens with one attached hydrogen (secondary N) is 1. The number of aliphatic carboxylic acids is 1. The van der Waals surface area contributed by atoms with Gasteiger partial charge in [-0.1, -0.05) is 25.4 Å². The second kappa shape index (κ2) is 7.24. The van der Waals surface area contributed by atoms with Gasteiger partial charge >= 0.3 is 5.97 Å². The van der Waals surface area contributed by atoms with Crippen LogP contribution in [0.15, 0.2) is 24.3 Å². The van der Waals surface area contributed by atoms with Crippen molar-refractivity contribution in [1.82, 2.24) is 5.32 Å². The molecule has 0 aliphatic rings. The SMILES string of the molecule is CC(C)C(NCCOc1ccc(Cl)cc1)C(=O)O. The van der Waals surface area contributed by atoms with Crippen LogP contribution < -0.4 is 10.1 Å². The van der Waals surface area contributed by atoms with Crippen molar-refractivity contribution in [2.45, 2.75) is 19.9 Å². The zero-order valence-electron chi connectivity index (χ0n) is 10.5. The van der Waals surface area contributed by atoms with E-state index in [1.807, 2.05) is 13.8 Å². The van der Waals surface area contributed by atoms with Crippen molar-refractivity contribution in [3.8, 4) is 5.75 Å². The van der Waals surface area contributed by atoms with Gasteiger partial charge in [0.05, 0.1) is 0 Å². The van der Waals surface area contributed by atoms with Gasteiger partial charge in [0.15, 0.2) is 0 Å². The average molecular weight is 272 g/mol. The van der Waals surface area contributed by atoms with Gasteiger partial charge in [0.1, 0.15) is 18.4 Å². The maximum Gasteiger partial charge on any atom is 0.320 e. The first-order chi connectivity index (χ1) is 8.50. The van der Waals surface area contributed by atoms with E-state index < -0.39 is 12.0 Å². The zero-order chi connectivity index (χ0) is 13.5. The highest BCUT2D eigenvalue weighted by Gasteiger charge is 2.19. The maximum absolute atomic E-state index is 10.9. The molecule has 0 fully saturated rings. The molecule has 0 spiro atoms. The summed E-state index contributed by atoms with van der Waals surface area (Å²) in [4.78, 5) is 10.9. The lowest BCUT2D eigenvalue weighted by molar-refractivity contribution is -0.140. The summed E-state index contributed by atoms with van der Waals surface area (Å²) < 4.78 is 5.46. The standard InChI is InChI=1S/C13H18ClNO3/c1-9(2)12(13(16)17)15-7-8-18-11-5-3-10(14)4-6-11/h3-6,9,12,15H,7-8H2,1-2H3,(H,16,17). The van der Waals surface area contributed by atoms with E-state index in [4.69, 9.17) is 21.4 Å². The van der Waals surface area contributed by atoms with Crippen LogP contribution in [0.4, 0.5) is 0 Å². The second-order valence-corrected chi connectivity index (χ2v) is 4.75. The fraction of sp³-hybridized carbons (Fsp3) is 0.462. The van der Waals surface area contributed by atoms with E-state index in [1.165, 1.54) is 0 Å². The van der Waals surface area contributed by atoms with Gasteiger partial charge in [-0.3, -0.25) is 4.79 Å². The second-order valence-electron chi connectivity index (χ2n) is 4.32. The molecule has 4 nitrogen and oxygen atoms in total. The van der Waals surface area contributed by atoms with Gasteiger partial charge in [0, 0.05) is 11.6 Å². The van der Waals surface area contributed by atoms with E-state index in [0.717, 1.165) is 5.75 Å². The summed E-state index contributed by atoms with van der Waals surface area (Å²) in [5.74, 6) is -0.0767. The molecule has 1 aromatic carbocycles. The molecule has 0 saturated carbocycles. The summed E-state index contributed by atoms with van der Waals surface area (Å²) in [6, 6.07) is 6.51. The van der Waals surface area contributed by atoms with E-state index in [9.17, 15) is 4.79 Å². The van der Waals surface area contributed by atoms with Crippen molar-refractivity contribution in [2.75, 3.05) is 13.2 Å². The summed E-state index contributed by atoms with van der Waals surface area (Å²) >= 11 is 5.75. The number of halogens is 1. The highest BCUT2D eigenvalue weighted by molar-refractivity contribution is 6.30. The number of benzene rings is 1. The van der Waals surface area contributed by atoms with Gasteiger partial charge in [-0.15, -0.1) is 0 Å². The van der Waals surface area contributed by atoms with Crippen molar-refractivity contribution in [2.24, 2.45) is 5.92 Å². The quantitative estimate of drug-likeness (QED) is 0.748. The summed E-state index contributed by atoms with van der Waals surface area (Å²) in [5, 5.41) is 12.6. The van der Waals surface area contributed by atoms with E-state index in [2.05, 4.69) is 5.32 Å². The summed E-state index contributed by atoms with van der Waals surface area (Å²) in [6.45, 7) is 4.63. The molecule has 2 N–H and O–H groups in total. The van der Waals surface area contributed by atoms with E-state index in [0.29, 0.717) is 18.2 Å². The molecule has 100 valence electrons. The van der Waals surface area contributed by atoms with Crippen LogP contribution in [-0.4, -0.2) is 30.3 Å². The fourth-order valence-electron chi connectivity index (χ4n) is 1.52. The number of carboxylic acids is 1. The largest absolute Gasteiger partial charge is 0.492 e. The van der Waals surface area contributed by atoms with Crippen LogP contribution in [0.2, 0.25) is 5.02 Å².